The number of pyridine rings is 1. The van der Waals surface area contributed by atoms with Gasteiger partial charge in [-0.25, -0.2) is 4.39 Å². The van der Waals surface area contributed by atoms with Gasteiger partial charge >= 0.3 is 0 Å². The molecule has 1 aromatic heterocycles. The first-order valence-electron chi connectivity index (χ1n) is 9.03. The molecule has 28 heavy (non-hydrogen) atoms. The first-order valence-corrected chi connectivity index (χ1v) is 9.03. The van der Waals surface area contributed by atoms with Crippen molar-refractivity contribution >= 4 is 0 Å². The molecule has 3 aromatic rings. The van der Waals surface area contributed by atoms with E-state index in [0.717, 1.165) is 34.7 Å². The molecule has 144 valence electrons. The number of fused-ring (bicyclic) bond motifs is 1. The van der Waals surface area contributed by atoms with Crippen LogP contribution in [0.3, 0.4) is 0 Å². The lowest BCUT2D eigenvalue weighted by atomic mass is 10.1. The second-order valence-electron chi connectivity index (χ2n) is 6.64. The number of hydrogen-bond acceptors (Lipinski definition) is 5. The summed E-state index contributed by atoms with van der Waals surface area (Å²) >= 11 is 0. The van der Waals surface area contributed by atoms with Gasteiger partial charge in [-0.2, -0.15) is 0 Å². The third kappa shape index (κ3) is 4.23. The third-order valence-electron chi connectivity index (χ3n) is 4.64. The van der Waals surface area contributed by atoms with Gasteiger partial charge in [0, 0.05) is 43.7 Å². The highest BCUT2D eigenvalue weighted by atomic mass is 19.1. The van der Waals surface area contributed by atoms with Gasteiger partial charge in [0.25, 0.3) is 0 Å². The van der Waals surface area contributed by atoms with E-state index in [1.54, 1.807) is 19.5 Å². The van der Waals surface area contributed by atoms with Gasteiger partial charge in [-0.15, -0.1) is 0 Å². The molecule has 0 amide bonds. The number of aromatic nitrogens is 1. The fourth-order valence-corrected chi connectivity index (χ4v) is 3.28. The summed E-state index contributed by atoms with van der Waals surface area (Å²) in [7, 11) is 1.65. The number of benzene rings is 2. The molecular formula is C22H21FN2O3. The Bertz CT molecular complexity index is 933. The van der Waals surface area contributed by atoms with Gasteiger partial charge < -0.3 is 14.2 Å². The molecule has 5 nitrogen and oxygen atoms in total. The summed E-state index contributed by atoms with van der Waals surface area (Å²) in [4.78, 5) is 6.35. The van der Waals surface area contributed by atoms with Gasteiger partial charge in [-0.3, -0.25) is 9.88 Å². The van der Waals surface area contributed by atoms with Crippen LogP contribution in [-0.2, 0) is 19.6 Å². The number of rotatable bonds is 7. The van der Waals surface area contributed by atoms with Crippen LogP contribution >= 0.6 is 0 Å². The van der Waals surface area contributed by atoms with Crippen molar-refractivity contribution in [2.75, 3.05) is 13.9 Å². The molecular weight excluding hydrogens is 359 g/mol. The van der Waals surface area contributed by atoms with Crippen molar-refractivity contribution in [3.8, 4) is 17.2 Å². The van der Waals surface area contributed by atoms with Crippen molar-refractivity contribution in [3.05, 3.63) is 83.4 Å². The van der Waals surface area contributed by atoms with E-state index in [1.807, 2.05) is 36.4 Å². The smallest absolute Gasteiger partial charge is 0.231 e. The Morgan fingerprint density at radius 1 is 0.929 bits per heavy atom. The van der Waals surface area contributed by atoms with Crippen LogP contribution in [-0.4, -0.2) is 23.8 Å². The molecule has 2 aromatic carbocycles. The maximum absolute atomic E-state index is 13.3. The Hall–Kier alpha value is -3.12. The Kier molecular flexibility index (Phi) is 5.39. The molecule has 0 fully saturated rings. The Morgan fingerprint density at radius 3 is 2.25 bits per heavy atom. The zero-order valence-electron chi connectivity index (χ0n) is 15.6. The minimum Gasteiger partial charge on any atom is -0.496 e. The number of halogens is 1. The van der Waals surface area contributed by atoms with Crippen LogP contribution in [0.4, 0.5) is 4.39 Å². The molecule has 1 aliphatic rings. The Labute approximate surface area is 163 Å². The predicted octanol–water partition coefficient (Wildman–Crippen LogP) is 4.16. The summed E-state index contributed by atoms with van der Waals surface area (Å²) in [6.07, 6.45) is 3.57. The zero-order chi connectivity index (χ0) is 19.3. The van der Waals surface area contributed by atoms with Crippen LogP contribution in [0, 0.1) is 5.82 Å². The molecule has 0 unspecified atom stereocenters. The van der Waals surface area contributed by atoms with Crippen LogP contribution in [0.1, 0.15) is 16.7 Å². The summed E-state index contributed by atoms with van der Waals surface area (Å²) in [5.74, 6) is 1.94. The van der Waals surface area contributed by atoms with E-state index in [0.29, 0.717) is 18.8 Å². The number of methoxy groups -OCH3 is 1. The summed E-state index contributed by atoms with van der Waals surface area (Å²) in [6.45, 7) is 2.25. The molecule has 0 saturated heterocycles. The van der Waals surface area contributed by atoms with Crippen molar-refractivity contribution in [1.29, 1.82) is 0 Å². The average molecular weight is 380 g/mol. The second kappa shape index (κ2) is 8.27. The Morgan fingerprint density at radius 2 is 1.57 bits per heavy atom. The van der Waals surface area contributed by atoms with Crippen LogP contribution in [0.2, 0.25) is 0 Å². The molecule has 0 spiro atoms. The SMILES string of the molecule is COc1cc2c(cc1CN(Cc1ccncc1)Cc1ccc(F)cc1)OCO2. The lowest BCUT2D eigenvalue weighted by molar-refractivity contribution is 0.173. The molecule has 4 rings (SSSR count). The molecule has 0 bridgehead atoms. The fourth-order valence-electron chi connectivity index (χ4n) is 3.28. The minimum absolute atomic E-state index is 0.220. The standard InChI is InChI=1S/C22H21FN2O3/c1-26-20-11-22-21(27-15-28-22)10-18(20)14-25(13-17-6-8-24-9-7-17)12-16-2-4-19(23)5-3-16/h2-11H,12-15H2,1H3. The van der Waals surface area contributed by atoms with Crippen molar-refractivity contribution in [1.82, 2.24) is 9.88 Å². The normalized spacial score (nSPS) is 12.4. The topological polar surface area (TPSA) is 43.8 Å². The fraction of sp³-hybridized carbons (Fsp3) is 0.227. The van der Waals surface area contributed by atoms with Crippen LogP contribution in [0.15, 0.2) is 60.9 Å². The number of ether oxygens (including phenoxy) is 3. The van der Waals surface area contributed by atoms with E-state index in [2.05, 4.69) is 9.88 Å². The second-order valence-corrected chi connectivity index (χ2v) is 6.64. The number of nitrogens with zero attached hydrogens (tertiary/aromatic N) is 2. The quantitative estimate of drug-likeness (QED) is 0.616. The van der Waals surface area contributed by atoms with Crippen LogP contribution in [0.5, 0.6) is 17.2 Å². The van der Waals surface area contributed by atoms with Crippen molar-refractivity contribution in [3.63, 3.8) is 0 Å². The van der Waals surface area contributed by atoms with Crippen LogP contribution in [0.25, 0.3) is 0 Å². The molecule has 2 heterocycles. The molecule has 0 aliphatic carbocycles. The molecule has 0 radical (unpaired) electrons. The summed E-state index contributed by atoms with van der Waals surface area (Å²) < 4.78 is 29.8. The highest BCUT2D eigenvalue weighted by Gasteiger charge is 2.19. The highest BCUT2D eigenvalue weighted by molar-refractivity contribution is 5.51. The van der Waals surface area contributed by atoms with Gasteiger partial charge in [0.05, 0.1) is 7.11 Å². The molecule has 0 atom stereocenters. The third-order valence-corrected chi connectivity index (χ3v) is 4.64. The lowest BCUT2D eigenvalue weighted by Gasteiger charge is -2.24. The monoisotopic (exact) mass is 380 g/mol. The first-order chi connectivity index (χ1) is 13.7. The molecule has 0 N–H and O–H groups in total. The van der Waals surface area contributed by atoms with E-state index in [4.69, 9.17) is 14.2 Å². The van der Waals surface area contributed by atoms with Crippen molar-refractivity contribution in [2.45, 2.75) is 19.6 Å². The summed E-state index contributed by atoms with van der Waals surface area (Å²) in [6, 6.07) is 14.4. The van der Waals surface area contributed by atoms with Gasteiger partial charge in [-0.1, -0.05) is 12.1 Å². The van der Waals surface area contributed by atoms with Gasteiger partial charge in [0.2, 0.25) is 6.79 Å². The zero-order valence-corrected chi connectivity index (χ0v) is 15.6. The highest BCUT2D eigenvalue weighted by Crippen LogP contribution is 2.38. The molecule has 1 aliphatic heterocycles. The van der Waals surface area contributed by atoms with Crippen molar-refractivity contribution < 1.29 is 18.6 Å². The van der Waals surface area contributed by atoms with E-state index in [9.17, 15) is 4.39 Å². The van der Waals surface area contributed by atoms with Crippen molar-refractivity contribution in [2.24, 2.45) is 0 Å². The van der Waals surface area contributed by atoms with E-state index >= 15 is 0 Å². The average Bonchev–Trinajstić information content (AvgIpc) is 3.17. The largest absolute Gasteiger partial charge is 0.496 e. The van der Waals surface area contributed by atoms with E-state index in [-0.39, 0.29) is 12.6 Å². The van der Waals surface area contributed by atoms with E-state index in [1.165, 1.54) is 12.1 Å². The Balaban J connectivity index is 1.60. The number of hydrogen-bond donors (Lipinski definition) is 0. The van der Waals surface area contributed by atoms with E-state index < -0.39 is 0 Å². The minimum atomic E-state index is -0.234. The first kappa shape index (κ1) is 18.3. The molecule has 6 heteroatoms. The predicted molar refractivity (Wildman–Crippen MR) is 103 cm³/mol. The van der Waals surface area contributed by atoms with Gasteiger partial charge in [0.1, 0.15) is 11.6 Å². The maximum Gasteiger partial charge on any atom is 0.231 e. The maximum atomic E-state index is 13.3. The lowest BCUT2D eigenvalue weighted by Crippen LogP contribution is -2.22. The summed E-state index contributed by atoms with van der Waals surface area (Å²) in [5.41, 5.74) is 3.19. The molecule has 0 saturated carbocycles. The van der Waals surface area contributed by atoms with Crippen LogP contribution < -0.4 is 14.2 Å². The van der Waals surface area contributed by atoms with Gasteiger partial charge in [0.15, 0.2) is 11.5 Å². The van der Waals surface area contributed by atoms with Gasteiger partial charge in [-0.05, 0) is 41.5 Å². The summed E-state index contributed by atoms with van der Waals surface area (Å²) in [5, 5.41) is 0.